The van der Waals surface area contributed by atoms with Crippen molar-refractivity contribution in [2.45, 2.75) is 127 Å². The Morgan fingerprint density at radius 2 is 1.25 bits per heavy atom. The summed E-state index contributed by atoms with van der Waals surface area (Å²) in [7, 11) is 0. The number of aliphatic hydroxyl groups excluding tert-OH is 3. The summed E-state index contributed by atoms with van der Waals surface area (Å²) in [5.74, 6) is -0.314. The van der Waals surface area contributed by atoms with E-state index in [0.717, 1.165) is 13.0 Å². The lowest BCUT2D eigenvalue weighted by molar-refractivity contribution is -0.161. The highest BCUT2D eigenvalue weighted by atomic mass is 35.5. The van der Waals surface area contributed by atoms with Crippen LogP contribution in [0.25, 0.3) is 0 Å². The molecule has 0 aliphatic heterocycles. The zero-order valence-electron chi connectivity index (χ0n) is 20.1. The Balaban J connectivity index is 0.00000961. The third-order valence-corrected chi connectivity index (χ3v) is 6.29. The van der Waals surface area contributed by atoms with Gasteiger partial charge in [0.1, 0.15) is 6.10 Å². The fourth-order valence-corrected chi connectivity index (χ4v) is 4.37. The van der Waals surface area contributed by atoms with Crippen LogP contribution in [0.2, 0.25) is 0 Å². The first-order valence-electron chi connectivity index (χ1n) is 12.6. The summed E-state index contributed by atoms with van der Waals surface area (Å²) in [4.78, 5) is 12.0. The maximum absolute atomic E-state index is 12.0. The van der Waals surface area contributed by atoms with Crippen LogP contribution in [0.5, 0.6) is 0 Å². The van der Waals surface area contributed by atoms with Gasteiger partial charge in [0, 0.05) is 25.9 Å². The van der Waals surface area contributed by atoms with Gasteiger partial charge in [-0.15, -0.1) is 12.4 Å². The summed E-state index contributed by atoms with van der Waals surface area (Å²) >= 11 is 0. The number of amides is 1. The van der Waals surface area contributed by atoms with Crippen molar-refractivity contribution >= 4 is 18.3 Å². The second-order valence-electron chi connectivity index (χ2n) is 9.42. The molecule has 192 valence electrons. The van der Waals surface area contributed by atoms with E-state index in [0.29, 0.717) is 13.1 Å². The molecule has 6 N–H and O–H groups in total. The van der Waals surface area contributed by atoms with Gasteiger partial charge in [-0.05, 0) is 13.0 Å². The van der Waals surface area contributed by atoms with Crippen LogP contribution in [0.3, 0.4) is 0 Å². The molecule has 8 heteroatoms. The molecule has 1 aliphatic rings. The summed E-state index contributed by atoms with van der Waals surface area (Å²) in [6.07, 6.45) is 11.9. The Kier molecular flexibility index (Phi) is 18.7. The lowest BCUT2D eigenvalue weighted by Gasteiger charge is -2.39. The lowest BCUT2D eigenvalue weighted by atomic mass is 9.77. The first-order chi connectivity index (χ1) is 14.9. The van der Waals surface area contributed by atoms with Crippen LogP contribution in [-0.4, -0.2) is 69.9 Å². The zero-order chi connectivity index (χ0) is 23.0. The van der Waals surface area contributed by atoms with Gasteiger partial charge in [0.05, 0.1) is 24.2 Å². The monoisotopic (exact) mass is 480 g/mol. The normalized spacial score (nSPS) is 25.3. The number of carbonyl (C=O) groups excluding carboxylic acids is 1. The third kappa shape index (κ3) is 14.7. The van der Waals surface area contributed by atoms with E-state index >= 15 is 0 Å². The van der Waals surface area contributed by atoms with Crippen LogP contribution in [-0.2, 0) is 4.79 Å². The second-order valence-corrected chi connectivity index (χ2v) is 9.42. The number of unbranched alkanes of at least 4 members (excludes halogenated alkanes) is 11. The van der Waals surface area contributed by atoms with E-state index in [1.807, 2.05) is 0 Å². The standard InChI is InChI=1S/C24H48N2O5.ClH/c1-2-3-4-5-6-7-8-9-10-11-12-13-14-25-15-16-26-22(29)19-24(31)17-20(27)23(30)21(28)18-24;/h20-21,23,25,27-28,30-31H,2-19H2,1H3,(H,26,29);1H/t20-,21-,23?,24?;/m1./s1. The Bertz CT molecular complexity index is 458. The molecular weight excluding hydrogens is 432 g/mol. The van der Waals surface area contributed by atoms with E-state index in [2.05, 4.69) is 17.6 Å². The van der Waals surface area contributed by atoms with Crippen molar-refractivity contribution in [3.05, 3.63) is 0 Å². The van der Waals surface area contributed by atoms with Gasteiger partial charge in [-0.2, -0.15) is 0 Å². The fourth-order valence-electron chi connectivity index (χ4n) is 4.37. The molecule has 7 nitrogen and oxygen atoms in total. The van der Waals surface area contributed by atoms with Gasteiger partial charge in [-0.1, -0.05) is 77.6 Å². The van der Waals surface area contributed by atoms with Crippen LogP contribution in [0.15, 0.2) is 0 Å². The molecule has 32 heavy (non-hydrogen) atoms. The smallest absolute Gasteiger partial charge is 0.222 e. The summed E-state index contributed by atoms with van der Waals surface area (Å²) in [5, 5.41) is 45.5. The number of rotatable bonds is 18. The number of hydrogen-bond acceptors (Lipinski definition) is 6. The SMILES string of the molecule is CCCCCCCCCCCCCCNCCNC(=O)CC1(O)C[C@@H](O)C(O)[C@H](O)C1.Cl. The van der Waals surface area contributed by atoms with E-state index in [1.54, 1.807) is 0 Å². The minimum atomic E-state index is -1.48. The molecule has 1 amide bonds. The fraction of sp³-hybridized carbons (Fsp3) is 0.958. The number of halogens is 1. The molecule has 0 heterocycles. The molecule has 0 aromatic carbocycles. The highest BCUT2D eigenvalue weighted by molar-refractivity contribution is 5.85. The highest BCUT2D eigenvalue weighted by Crippen LogP contribution is 2.31. The van der Waals surface area contributed by atoms with Crippen LogP contribution in [0, 0.1) is 0 Å². The summed E-state index contributed by atoms with van der Waals surface area (Å²) in [6.45, 7) is 4.34. The number of carbonyl (C=O) groups is 1. The van der Waals surface area contributed by atoms with Crippen molar-refractivity contribution in [3.8, 4) is 0 Å². The maximum Gasteiger partial charge on any atom is 0.222 e. The van der Waals surface area contributed by atoms with Crippen molar-refractivity contribution in [1.82, 2.24) is 10.6 Å². The van der Waals surface area contributed by atoms with Gasteiger partial charge in [0.15, 0.2) is 0 Å². The molecule has 1 fully saturated rings. The molecule has 1 aliphatic carbocycles. The predicted molar refractivity (Wildman–Crippen MR) is 131 cm³/mol. The van der Waals surface area contributed by atoms with Crippen LogP contribution in [0.4, 0.5) is 0 Å². The Morgan fingerprint density at radius 3 is 1.75 bits per heavy atom. The summed E-state index contributed by atoms with van der Waals surface area (Å²) in [6, 6.07) is 0. The molecule has 0 radical (unpaired) electrons. The van der Waals surface area contributed by atoms with E-state index in [4.69, 9.17) is 0 Å². The molecule has 1 saturated carbocycles. The minimum Gasteiger partial charge on any atom is -0.390 e. The minimum absolute atomic E-state index is 0. The topological polar surface area (TPSA) is 122 Å². The van der Waals surface area contributed by atoms with Crippen LogP contribution < -0.4 is 10.6 Å². The molecule has 0 aromatic heterocycles. The van der Waals surface area contributed by atoms with Crippen molar-refractivity contribution in [3.63, 3.8) is 0 Å². The largest absolute Gasteiger partial charge is 0.390 e. The van der Waals surface area contributed by atoms with Gasteiger partial charge in [-0.25, -0.2) is 0 Å². The van der Waals surface area contributed by atoms with Crippen molar-refractivity contribution in [2.24, 2.45) is 0 Å². The van der Waals surface area contributed by atoms with Crippen molar-refractivity contribution < 1.29 is 25.2 Å². The zero-order valence-corrected chi connectivity index (χ0v) is 20.9. The summed E-state index contributed by atoms with van der Waals surface area (Å²) in [5.41, 5.74) is -1.48. The quantitative estimate of drug-likeness (QED) is 0.168. The van der Waals surface area contributed by atoms with Crippen molar-refractivity contribution in [2.75, 3.05) is 19.6 Å². The van der Waals surface area contributed by atoms with Crippen LogP contribution >= 0.6 is 12.4 Å². The van der Waals surface area contributed by atoms with Gasteiger partial charge >= 0.3 is 0 Å². The van der Waals surface area contributed by atoms with Crippen molar-refractivity contribution in [1.29, 1.82) is 0 Å². The Morgan fingerprint density at radius 1 is 0.781 bits per heavy atom. The first-order valence-corrected chi connectivity index (χ1v) is 12.6. The molecular formula is C24H49ClN2O5. The molecule has 0 aromatic rings. The summed E-state index contributed by atoms with van der Waals surface area (Å²) < 4.78 is 0. The molecule has 2 atom stereocenters. The van der Waals surface area contributed by atoms with E-state index in [-0.39, 0.29) is 37.6 Å². The average Bonchev–Trinajstić information content (AvgIpc) is 2.71. The number of nitrogens with one attached hydrogen (secondary N) is 2. The number of aliphatic hydroxyl groups is 4. The van der Waals surface area contributed by atoms with E-state index < -0.39 is 23.9 Å². The Labute approximate surface area is 201 Å². The van der Waals surface area contributed by atoms with E-state index in [9.17, 15) is 25.2 Å². The second kappa shape index (κ2) is 18.9. The average molecular weight is 481 g/mol. The first kappa shape index (κ1) is 31.6. The Hall–Kier alpha value is -0.440. The molecule has 0 saturated heterocycles. The van der Waals surface area contributed by atoms with E-state index in [1.165, 1.54) is 70.6 Å². The molecule has 1 rings (SSSR count). The van der Waals surface area contributed by atoms with Gasteiger partial charge in [0.2, 0.25) is 5.91 Å². The lowest BCUT2D eigenvalue weighted by Crippen LogP contribution is -2.54. The highest BCUT2D eigenvalue weighted by Gasteiger charge is 2.44. The number of hydrogen-bond donors (Lipinski definition) is 6. The maximum atomic E-state index is 12.0. The molecule has 0 spiro atoms. The molecule has 0 unspecified atom stereocenters. The molecule has 0 bridgehead atoms. The van der Waals surface area contributed by atoms with Crippen LogP contribution in [0.1, 0.15) is 103 Å². The van der Waals surface area contributed by atoms with Gasteiger partial charge in [-0.3, -0.25) is 4.79 Å². The van der Waals surface area contributed by atoms with Gasteiger partial charge < -0.3 is 31.1 Å². The predicted octanol–water partition coefficient (Wildman–Crippen LogP) is 2.81. The third-order valence-electron chi connectivity index (χ3n) is 6.29. The van der Waals surface area contributed by atoms with Gasteiger partial charge in [0.25, 0.3) is 0 Å².